The van der Waals surface area contributed by atoms with Crippen molar-refractivity contribution in [3.05, 3.63) is 16.5 Å². The molecule has 0 saturated heterocycles. The van der Waals surface area contributed by atoms with Gasteiger partial charge in [-0.25, -0.2) is 4.98 Å². The van der Waals surface area contributed by atoms with E-state index in [2.05, 4.69) is 32.0 Å². The highest BCUT2D eigenvalue weighted by Gasteiger charge is 2.37. The van der Waals surface area contributed by atoms with Crippen LogP contribution in [0.25, 0.3) is 10.7 Å². The van der Waals surface area contributed by atoms with Gasteiger partial charge in [0, 0.05) is 13.1 Å². The number of hydrogen-bond acceptors (Lipinski definition) is 5. The molecular formula is C13H17N5S. The summed E-state index contributed by atoms with van der Waals surface area (Å²) in [5.74, 6) is 2.89. The Balaban J connectivity index is 1.80. The average molecular weight is 275 g/mol. The molecule has 19 heavy (non-hydrogen) atoms. The fourth-order valence-electron chi connectivity index (χ4n) is 2.90. The number of rotatable bonds is 2. The van der Waals surface area contributed by atoms with Gasteiger partial charge in [-0.1, -0.05) is 0 Å². The van der Waals surface area contributed by atoms with E-state index in [1.165, 1.54) is 17.7 Å². The minimum atomic E-state index is 0.407. The highest BCUT2D eigenvalue weighted by Crippen LogP contribution is 2.42. The first-order valence-electron chi connectivity index (χ1n) is 6.85. The zero-order valence-electron chi connectivity index (χ0n) is 11.2. The summed E-state index contributed by atoms with van der Waals surface area (Å²) in [6, 6.07) is 0.407. The van der Waals surface area contributed by atoms with Crippen LogP contribution < -0.4 is 5.32 Å². The fourth-order valence-corrected chi connectivity index (χ4v) is 3.82. The smallest absolute Gasteiger partial charge is 0.176 e. The summed E-state index contributed by atoms with van der Waals surface area (Å²) in [7, 11) is 0. The van der Waals surface area contributed by atoms with Gasteiger partial charge < -0.3 is 9.88 Å². The van der Waals surface area contributed by atoms with Gasteiger partial charge in [0.2, 0.25) is 0 Å². The van der Waals surface area contributed by atoms with E-state index >= 15 is 0 Å². The van der Waals surface area contributed by atoms with Crippen molar-refractivity contribution >= 4 is 11.3 Å². The maximum Gasteiger partial charge on any atom is 0.176 e. The number of nitrogens with one attached hydrogen (secondary N) is 1. The van der Waals surface area contributed by atoms with Crippen LogP contribution in [-0.2, 0) is 6.54 Å². The van der Waals surface area contributed by atoms with Gasteiger partial charge in [0.05, 0.1) is 21.6 Å². The Morgan fingerprint density at radius 3 is 2.79 bits per heavy atom. The van der Waals surface area contributed by atoms with Crippen LogP contribution in [0.4, 0.5) is 0 Å². The Bertz CT molecular complexity index is 625. The zero-order chi connectivity index (χ0) is 13.0. The Morgan fingerprint density at radius 2 is 2.11 bits per heavy atom. The fraction of sp³-hybridized carbons (Fsp3) is 0.615. The normalized spacial score (nSPS) is 22.5. The van der Waals surface area contributed by atoms with E-state index < -0.39 is 0 Å². The molecule has 1 unspecified atom stereocenters. The number of nitrogens with zero attached hydrogens (tertiary/aromatic N) is 4. The molecule has 0 spiro atoms. The summed E-state index contributed by atoms with van der Waals surface area (Å²) in [6.07, 6.45) is 2.64. The first-order valence-corrected chi connectivity index (χ1v) is 7.66. The third-order valence-electron chi connectivity index (χ3n) is 3.96. The van der Waals surface area contributed by atoms with E-state index in [0.29, 0.717) is 6.04 Å². The molecule has 2 aromatic heterocycles. The minimum absolute atomic E-state index is 0.407. The molecule has 0 radical (unpaired) electrons. The maximum atomic E-state index is 4.50. The third kappa shape index (κ3) is 1.81. The predicted octanol–water partition coefficient (Wildman–Crippen LogP) is 2.07. The SMILES string of the molecule is Cc1nc(C)c(-c2nnc3n2CCNC3C2CC2)s1. The number of fused-ring (bicyclic) bond motifs is 1. The molecule has 1 fully saturated rings. The van der Waals surface area contributed by atoms with Gasteiger partial charge >= 0.3 is 0 Å². The lowest BCUT2D eigenvalue weighted by Gasteiger charge is -2.24. The zero-order valence-corrected chi connectivity index (χ0v) is 12.0. The Labute approximate surface area is 116 Å². The average Bonchev–Trinajstić information content (AvgIpc) is 3.06. The number of hydrogen-bond donors (Lipinski definition) is 1. The molecule has 2 aliphatic rings. The van der Waals surface area contributed by atoms with Gasteiger partial charge in [-0.2, -0.15) is 0 Å². The summed E-state index contributed by atoms with van der Waals surface area (Å²) >= 11 is 1.72. The van der Waals surface area contributed by atoms with Crippen molar-refractivity contribution in [2.24, 2.45) is 5.92 Å². The monoisotopic (exact) mass is 275 g/mol. The van der Waals surface area contributed by atoms with Gasteiger partial charge in [-0.05, 0) is 32.6 Å². The van der Waals surface area contributed by atoms with Crippen LogP contribution in [0.15, 0.2) is 0 Å². The first kappa shape index (κ1) is 11.5. The van der Waals surface area contributed by atoms with E-state index in [4.69, 9.17) is 0 Å². The molecular weight excluding hydrogens is 258 g/mol. The topological polar surface area (TPSA) is 55.6 Å². The van der Waals surface area contributed by atoms with Gasteiger partial charge in [-0.3, -0.25) is 0 Å². The lowest BCUT2D eigenvalue weighted by atomic mass is 10.1. The van der Waals surface area contributed by atoms with E-state index in [-0.39, 0.29) is 0 Å². The highest BCUT2D eigenvalue weighted by molar-refractivity contribution is 7.15. The number of thiazole rings is 1. The number of aryl methyl sites for hydroxylation is 2. The van der Waals surface area contributed by atoms with Gasteiger partial charge in [0.25, 0.3) is 0 Å². The Kier molecular flexibility index (Phi) is 2.50. The van der Waals surface area contributed by atoms with Crippen LogP contribution in [0.1, 0.15) is 35.4 Å². The lowest BCUT2D eigenvalue weighted by Crippen LogP contribution is -2.35. The van der Waals surface area contributed by atoms with Gasteiger partial charge in [0.1, 0.15) is 0 Å². The summed E-state index contributed by atoms with van der Waals surface area (Å²) < 4.78 is 2.29. The second-order valence-corrected chi connectivity index (χ2v) is 6.65. The van der Waals surface area contributed by atoms with E-state index in [1.54, 1.807) is 11.3 Å². The van der Waals surface area contributed by atoms with Crippen molar-refractivity contribution in [1.29, 1.82) is 0 Å². The Morgan fingerprint density at radius 1 is 1.26 bits per heavy atom. The number of aromatic nitrogens is 4. The molecule has 0 bridgehead atoms. The molecule has 0 aromatic carbocycles. The van der Waals surface area contributed by atoms with Crippen LogP contribution in [-0.4, -0.2) is 26.3 Å². The molecule has 1 N–H and O–H groups in total. The van der Waals surface area contributed by atoms with E-state index in [1.807, 2.05) is 6.92 Å². The Hall–Kier alpha value is -1.27. The summed E-state index contributed by atoms with van der Waals surface area (Å²) in [5.41, 5.74) is 1.07. The van der Waals surface area contributed by atoms with Crippen molar-refractivity contribution in [3.8, 4) is 10.7 Å². The summed E-state index contributed by atoms with van der Waals surface area (Å²) in [4.78, 5) is 5.68. The second kappa shape index (κ2) is 4.11. The van der Waals surface area contributed by atoms with Crippen molar-refractivity contribution in [3.63, 3.8) is 0 Å². The van der Waals surface area contributed by atoms with Crippen LogP contribution in [0.3, 0.4) is 0 Å². The summed E-state index contributed by atoms with van der Waals surface area (Å²) in [5, 5.41) is 13.6. The van der Waals surface area contributed by atoms with Gasteiger partial charge in [-0.15, -0.1) is 21.5 Å². The quantitative estimate of drug-likeness (QED) is 0.911. The molecule has 2 aromatic rings. The van der Waals surface area contributed by atoms with E-state index in [0.717, 1.165) is 41.4 Å². The second-order valence-electron chi connectivity index (χ2n) is 5.45. The van der Waals surface area contributed by atoms with Crippen molar-refractivity contribution in [2.75, 3.05) is 6.54 Å². The predicted molar refractivity (Wildman–Crippen MR) is 74.1 cm³/mol. The molecule has 100 valence electrons. The van der Waals surface area contributed by atoms with Crippen LogP contribution in [0.2, 0.25) is 0 Å². The molecule has 5 nitrogen and oxygen atoms in total. The molecule has 1 atom stereocenters. The molecule has 6 heteroatoms. The maximum absolute atomic E-state index is 4.50. The van der Waals surface area contributed by atoms with Crippen molar-refractivity contribution in [2.45, 2.75) is 39.3 Å². The van der Waals surface area contributed by atoms with Crippen molar-refractivity contribution < 1.29 is 0 Å². The molecule has 4 rings (SSSR count). The van der Waals surface area contributed by atoms with Crippen molar-refractivity contribution in [1.82, 2.24) is 25.1 Å². The van der Waals surface area contributed by atoms with Crippen LogP contribution >= 0.6 is 11.3 Å². The van der Waals surface area contributed by atoms with Gasteiger partial charge in [0.15, 0.2) is 11.6 Å². The highest BCUT2D eigenvalue weighted by atomic mass is 32.1. The lowest BCUT2D eigenvalue weighted by molar-refractivity contribution is 0.383. The van der Waals surface area contributed by atoms with Crippen LogP contribution in [0.5, 0.6) is 0 Å². The molecule has 1 saturated carbocycles. The first-order chi connectivity index (χ1) is 9.24. The standard InChI is InChI=1S/C13H17N5S/c1-7-11(19-8(2)15-7)13-17-16-12-10(9-3-4-9)14-5-6-18(12)13/h9-10,14H,3-6H2,1-2H3. The summed E-state index contributed by atoms with van der Waals surface area (Å²) in [6.45, 7) is 6.07. The molecule has 3 heterocycles. The third-order valence-corrected chi connectivity index (χ3v) is 5.03. The largest absolute Gasteiger partial charge is 0.308 e. The minimum Gasteiger partial charge on any atom is -0.308 e. The van der Waals surface area contributed by atoms with E-state index in [9.17, 15) is 0 Å². The molecule has 0 amide bonds. The molecule has 1 aliphatic heterocycles. The molecule has 1 aliphatic carbocycles. The van der Waals surface area contributed by atoms with Crippen LogP contribution in [0, 0.1) is 19.8 Å².